The molecule has 1 heterocycles. The molecule has 0 aliphatic carbocycles. The summed E-state index contributed by atoms with van der Waals surface area (Å²) in [6, 6.07) is 9.97. The molecule has 2 rings (SSSR count). The van der Waals surface area contributed by atoms with E-state index in [1.807, 2.05) is 69.3 Å². The summed E-state index contributed by atoms with van der Waals surface area (Å²) in [6.45, 7) is 6.07. The lowest BCUT2D eigenvalue weighted by molar-refractivity contribution is -0.302. The van der Waals surface area contributed by atoms with Crippen molar-refractivity contribution in [3.05, 3.63) is 60.2 Å². The van der Waals surface area contributed by atoms with Crippen LogP contribution >= 0.6 is 0 Å². The van der Waals surface area contributed by atoms with Gasteiger partial charge in [-0.25, -0.2) is 0 Å². The maximum absolute atomic E-state index is 9.28. The van der Waals surface area contributed by atoms with Crippen LogP contribution in [0.25, 0.3) is 0 Å². The smallest absolute Gasteiger partial charge is 0.164 e. The van der Waals surface area contributed by atoms with Crippen molar-refractivity contribution in [2.75, 3.05) is 0 Å². The van der Waals surface area contributed by atoms with Gasteiger partial charge >= 0.3 is 0 Å². The molecular formula is C25H34O4. The molecule has 1 aliphatic rings. The monoisotopic (exact) mass is 398 g/mol. The highest BCUT2D eigenvalue weighted by Gasteiger charge is 2.38. The third-order valence-electron chi connectivity index (χ3n) is 4.67. The number of benzene rings is 1. The number of unbranched alkanes of at least 4 members (excludes halogenated alkanes) is 1. The molecule has 158 valence electrons. The molecule has 0 spiro atoms. The Bertz CT molecular complexity index is 685. The predicted molar refractivity (Wildman–Crippen MR) is 116 cm³/mol. The van der Waals surface area contributed by atoms with Gasteiger partial charge in [0.05, 0.1) is 18.8 Å². The Morgan fingerprint density at radius 3 is 2.72 bits per heavy atom. The first-order valence-corrected chi connectivity index (χ1v) is 10.4. The Balaban J connectivity index is 1.89. The van der Waals surface area contributed by atoms with Gasteiger partial charge in [-0.2, -0.15) is 0 Å². The van der Waals surface area contributed by atoms with E-state index < -0.39 is 11.9 Å². The van der Waals surface area contributed by atoms with Crippen LogP contribution in [0.15, 0.2) is 54.6 Å². The number of hydrogen-bond acceptors (Lipinski definition) is 4. The maximum atomic E-state index is 9.28. The quantitative estimate of drug-likeness (QED) is 0.350. The Morgan fingerprint density at radius 2 is 2.03 bits per heavy atom. The summed E-state index contributed by atoms with van der Waals surface area (Å²) >= 11 is 0. The molecule has 1 saturated heterocycles. The molecule has 4 nitrogen and oxygen atoms in total. The van der Waals surface area contributed by atoms with Crippen molar-refractivity contribution in [1.82, 2.24) is 0 Å². The van der Waals surface area contributed by atoms with Crippen molar-refractivity contribution in [2.45, 2.75) is 83.3 Å². The fourth-order valence-corrected chi connectivity index (χ4v) is 3.30. The predicted octanol–water partition coefficient (Wildman–Crippen LogP) is 4.78. The van der Waals surface area contributed by atoms with E-state index in [4.69, 9.17) is 20.6 Å². The Labute approximate surface area is 175 Å². The van der Waals surface area contributed by atoms with Gasteiger partial charge in [-0.05, 0) is 45.6 Å². The fourth-order valence-electron chi connectivity index (χ4n) is 3.30. The lowest BCUT2D eigenvalue weighted by Crippen LogP contribution is -2.48. The van der Waals surface area contributed by atoms with Crippen molar-refractivity contribution in [1.29, 1.82) is 0 Å². The minimum atomic E-state index is -0.732. The summed E-state index contributed by atoms with van der Waals surface area (Å²) in [4.78, 5) is 0. The topological polar surface area (TPSA) is 47.9 Å². The average Bonchev–Trinajstić information content (AvgIpc) is 2.67. The van der Waals surface area contributed by atoms with E-state index >= 15 is 0 Å². The van der Waals surface area contributed by atoms with E-state index in [0.717, 1.165) is 24.8 Å². The van der Waals surface area contributed by atoms with E-state index in [-0.39, 0.29) is 18.3 Å². The van der Waals surface area contributed by atoms with Crippen LogP contribution in [0.2, 0.25) is 0 Å². The third-order valence-corrected chi connectivity index (χ3v) is 4.67. The SMILES string of the molecule is C#C[C@H](OCc1ccccc1)[C@H]1C[C@H](/C=C/C=C/CCC[C@@H](C)O)OC(C)(C)O1. The average molecular weight is 399 g/mol. The largest absolute Gasteiger partial charge is 0.393 e. The molecule has 0 saturated carbocycles. The van der Waals surface area contributed by atoms with Crippen molar-refractivity contribution in [3.8, 4) is 12.3 Å². The van der Waals surface area contributed by atoms with Crippen molar-refractivity contribution in [2.24, 2.45) is 0 Å². The molecule has 4 atom stereocenters. The van der Waals surface area contributed by atoms with E-state index in [2.05, 4.69) is 12.0 Å². The van der Waals surface area contributed by atoms with Crippen LogP contribution in [0, 0.1) is 12.3 Å². The first-order valence-electron chi connectivity index (χ1n) is 10.4. The molecule has 0 radical (unpaired) electrons. The summed E-state index contributed by atoms with van der Waals surface area (Å²) in [6.07, 6.45) is 16.3. The number of ether oxygens (including phenoxy) is 3. The normalized spacial score (nSPS) is 23.8. The summed E-state index contributed by atoms with van der Waals surface area (Å²) in [5.41, 5.74) is 1.08. The van der Waals surface area contributed by atoms with E-state index in [1.165, 1.54) is 0 Å². The van der Waals surface area contributed by atoms with Crippen LogP contribution in [0.4, 0.5) is 0 Å². The van der Waals surface area contributed by atoms with Gasteiger partial charge in [0.15, 0.2) is 5.79 Å². The molecule has 4 heteroatoms. The second kappa shape index (κ2) is 11.9. The summed E-state index contributed by atoms with van der Waals surface area (Å²) < 4.78 is 18.1. The third kappa shape index (κ3) is 8.97. The maximum Gasteiger partial charge on any atom is 0.164 e. The second-order valence-corrected chi connectivity index (χ2v) is 7.92. The van der Waals surface area contributed by atoms with Crippen molar-refractivity contribution < 1.29 is 19.3 Å². The number of aliphatic hydroxyl groups excluding tert-OH is 1. The minimum absolute atomic E-state index is 0.0953. The molecule has 1 aliphatic heterocycles. The summed E-state index contributed by atoms with van der Waals surface area (Å²) in [5.74, 6) is 2.01. The van der Waals surface area contributed by atoms with Gasteiger partial charge in [0, 0.05) is 6.42 Å². The molecule has 1 N–H and O–H groups in total. The zero-order chi connectivity index (χ0) is 21.1. The molecule has 1 aromatic rings. The fraction of sp³-hybridized carbons (Fsp3) is 0.520. The molecule has 29 heavy (non-hydrogen) atoms. The Hall–Kier alpha value is -1.90. The molecule has 1 aromatic carbocycles. The zero-order valence-corrected chi connectivity index (χ0v) is 17.8. The zero-order valence-electron chi connectivity index (χ0n) is 17.8. The van der Waals surface area contributed by atoms with E-state index in [0.29, 0.717) is 13.0 Å². The Kier molecular flexibility index (Phi) is 9.63. The van der Waals surface area contributed by atoms with Crippen molar-refractivity contribution >= 4 is 0 Å². The first kappa shape index (κ1) is 23.4. The van der Waals surface area contributed by atoms with Crippen LogP contribution in [-0.4, -0.2) is 35.3 Å². The number of rotatable bonds is 10. The molecule has 0 unspecified atom stereocenters. The second-order valence-electron chi connectivity index (χ2n) is 7.92. The number of terminal acetylenes is 1. The lowest BCUT2D eigenvalue weighted by atomic mass is 10.0. The van der Waals surface area contributed by atoms with Crippen LogP contribution in [0.1, 0.15) is 52.0 Å². The van der Waals surface area contributed by atoms with Gasteiger partial charge in [-0.3, -0.25) is 0 Å². The van der Waals surface area contributed by atoms with Gasteiger partial charge in [-0.15, -0.1) is 6.42 Å². The number of allylic oxidation sites excluding steroid dienone is 3. The molecule has 1 fully saturated rings. The standard InChI is InChI=1S/C25H34O4/c1-5-23(27-19-21-15-11-9-12-16-21)24-18-22(28-25(3,4)29-24)17-13-8-6-7-10-14-20(2)26/h1,6,8-9,11-13,15-17,20,22-24,26H,7,10,14,18-19H2,2-4H3/b8-6+,17-13+/t20-,22+,23+,24-/m1/s1. The van der Waals surface area contributed by atoms with E-state index in [1.54, 1.807) is 0 Å². The summed E-state index contributed by atoms with van der Waals surface area (Å²) in [7, 11) is 0. The van der Waals surface area contributed by atoms with Gasteiger partial charge in [0.25, 0.3) is 0 Å². The van der Waals surface area contributed by atoms with Gasteiger partial charge < -0.3 is 19.3 Å². The number of aliphatic hydroxyl groups is 1. The first-order chi connectivity index (χ1) is 13.9. The Morgan fingerprint density at radius 1 is 1.28 bits per heavy atom. The molecule has 0 amide bonds. The molecule has 0 bridgehead atoms. The van der Waals surface area contributed by atoms with Crippen LogP contribution in [0.5, 0.6) is 0 Å². The van der Waals surface area contributed by atoms with E-state index in [9.17, 15) is 5.11 Å². The number of hydrogen-bond donors (Lipinski definition) is 1. The minimum Gasteiger partial charge on any atom is -0.393 e. The lowest BCUT2D eigenvalue weighted by Gasteiger charge is -2.41. The molecular weight excluding hydrogens is 364 g/mol. The van der Waals surface area contributed by atoms with Crippen molar-refractivity contribution in [3.63, 3.8) is 0 Å². The molecule has 0 aromatic heterocycles. The highest BCUT2D eigenvalue weighted by molar-refractivity contribution is 5.14. The summed E-state index contributed by atoms with van der Waals surface area (Å²) in [5, 5.41) is 9.28. The van der Waals surface area contributed by atoms with Gasteiger partial charge in [0.2, 0.25) is 0 Å². The van der Waals surface area contributed by atoms with Gasteiger partial charge in [0.1, 0.15) is 12.2 Å². The van der Waals surface area contributed by atoms with Crippen LogP contribution in [0.3, 0.4) is 0 Å². The van der Waals surface area contributed by atoms with Crippen LogP contribution in [-0.2, 0) is 20.8 Å². The van der Waals surface area contributed by atoms with Gasteiger partial charge in [-0.1, -0.05) is 60.6 Å². The highest BCUT2D eigenvalue weighted by Crippen LogP contribution is 2.30. The highest BCUT2D eigenvalue weighted by atomic mass is 16.7. The van der Waals surface area contributed by atoms with Crippen LogP contribution < -0.4 is 0 Å².